The molecule has 0 atom stereocenters. The van der Waals surface area contributed by atoms with Crippen molar-refractivity contribution in [2.24, 2.45) is 5.10 Å². The smallest absolute Gasteiger partial charge is 0.271 e. The Labute approximate surface area is 147 Å². The van der Waals surface area contributed by atoms with E-state index in [0.717, 1.165) is 11.1 Å². The quantitative estimate of drug-likeness (QED) is 0.647. The minimum Gasteiger partial charge on any atom is -0.493 e. The van der Waals surface area contributed by atoms with E-state index in [4.69, 9.17) is 14.2 Å². The number of hydrogen-bond donors (Lipinski definition) is 1. The number of nitrogens with one attached hydrogen (secondary N) is 1. The molecule has 0 unspecified atom stereocenters. The van der Waals surface area contributed by atoms with Crippen LogP contribution in [0.3, 0.4) is 0 Å². The van der Waals surface area contributed by atoms with Gasteiger partial charge in [0.05, 0.1) is 27.5 Å². The van der Waals surface area contributed by atoms with Crippen LogP contribution < -0.4 is 19.6 Å². The van der Waals surface area contributed by atoms with Crippen molar-refractivity contribution in [3.8, 4) is 17.2 Å². The molecule has 132 valence electrons. The van der Waals surface area contributed by atoms with Crippen LogP contribution in [0.2, 0.25) is 0 Å². The Morgan fingerprint density at radius 2 is 1.68 bits per heavy atom. The van der Waals surface area contributed by atoms with Gasteiger partial charge in [0.2, 0.25) is 5.75 Å². The number of rotatable bonds is 6. The molecular formula is C19H22N2O4. The molecule has 6 heteroatoms. The first-order chi connectivity index (χ1) is 12.0. The molecule has 0 saturated heterocycles. The first-order valence-electron chi connectivity index (χ1n) is 7.71. The number of methoxy groups -OCH3 is 3. The highest BCUT2D eigenvalue weighted by Crippen LogP contribution is 2.38. The summed E-state index contributed by atoms with van der Waals surface area (Å²) in [5, 5.41) is 4.01. The van der Waals surface area contributed by atoms with Crippen molar-refractivity contribution >= 4 is 12.1 Å². The molecule has 0 aliphatic carbocycles. The number of benzene rings is 2. The van der Waals surface area contributed by atoms with E-state index in [-0.39, 0.29) is 5.91 Å². The topological polar surface area (TPSA) is 69.2 Å². The SMILES string of the molecule is COc1ccc(/C=N\NC(=O)c2ccc(C)c(C)c2)c(OC)c1OC. The molecule has 0 aliphatic heterocycles. The van der Waals surface area contributed by atoms with Crippen LogP contribution in [0.5, 0.6) is 17.2 Å². The lowest BCUT2D eigenvalue weighted by Crippen LogP contribution is -2.17. The maximum absolute atomic E-state index is 12.2. The first-order valence-corrected chi connectivity index (χ1v) is 7.71. The third kappa shape index (κ3) is 4.09. The number of carbonyl (C=O) groups is 1. The maximum atomic E-state index is 12.2. The first kappa shape index (κ1) is 18.3. The molecule has 0 fully saturated rings. The number of hydrogen-bond acceptors (Lipinski definition) is 5. The normalized spacial score (nSPS) is 10.6. The van der Waals surface area contributed by atoms with Crippen LogP contribution in [0.4, 0.5) is 0 Å². The fourth-order valence-electron chi connectivity index (χ4n) is 2.33. The Morgan fingerprint density at radius 3 is 2.28 bits per heavy atom. The minimum absolute atomic E-state index is 0.279. The molecule has 25 heavy (non-hydrogen) atoms. The fraction of sp³-hybridized carbons (Fsp3) is 0.263. The summed E-state index contributed by atoms with van der Waals surface area (Å²) in [4.78, 5) is 12.2. The van der Waals surface area contributed by atoms with Gasteiger partial charge in [-0.1, -0.05) is 6.07 Å². The highest BCUT2D eigenvalue weighted by molar-refractivity contribution is 5.95. The highest BCUT2D eigenvalue weighted by atomic mass is 16.5. The van der Waals surface area contributed by atoms with Gasteiger partial charge in [-0.05, 0) is 49.2 Å². The van der Waals surface area contributed by atoms with Gasteiger partial charge < -0.3 is 14.2 Å². The molecule has 0 saturated carbocycles. The van der Waals surface area contributed by atoms with Gasteiger partial charge in [0.25, 0.3) is 5.91 Å². The van der Waals surface area contributed by atoms with Gasteiger partial charge in [-0.3, -0.25) is 4.79 Å². The lowest BCUT2D eigenvalue weighted by molar-refractivity contribution is 0.0955. The average molecular weight is 342 g/mol. The molecule has 0 spiro atoms. The Kier molecular flexibility index (Phi) is 6.00. The monoisotopic (exact) mass is 342 g/mol. The van der Waals surface area contributed by atoms with Crippen molar-refractivity contribution in [3.63, 3.8) is 0 Å². The van der Waals surface area contributed by atoms with Gasteiger partial charge >= 0.3 is 0 Å². The molecule has 0 heterocycles. The second-order valence-electron chi connectivity index (χ2n) is 5.42. The summed E-state index contributed by atoms with van der Waals surface area (Å²) in [6.45, 7) is 3.96. The van der Waals surface area contributed by atoms with Crippen LogP contribution in [0.1, 0.15) is 27.0 Å². The third-order valence-corrected chi connectivity index (χ3v) is 3.87. The summed E-state index contributed by atoms with van der Waals surface area (Å²) in [6.07, 6.45) is 1.50. The van der Waals surface area contributed by atoms with Crippen molar-refractivity contribution in [3.05, 3.63) is 52.6 Å². The van der Waals surface area contributed by atoms with Crippen molar-refractivity contribution in [1.82, 2.24) is 5.43 Å². The fourth-order valence-corrected chi connectivity index (χ4v) is 2.33. The summed E-state index contributed by atoms with van der Waals surface area (Å²) in [5.41, 5.74) is 5.91. The molecule has 0 aromatic heterocycles. The minimum atomic E-state index is -0.279. The van der Waals surface area contributed by atoms with Gasteiger partial charge in [0.15, 0.2) is 11.5 Å². The Bertz CT molecular complexity index is 800. The second-order valence-corrected chi connectivity index (χ2v) is 5.42. The van der Waals surface area contributed by atoms with E-state index >= 15 is 0 Å². The Morgan fingerprint density at radius 1 is 0.960 bits per heavy atom. The molecule has 2 rings (SSSR count). The maximum Gasteiger partial charge on any atom is 0.271 e. The van der Waals surface area contributed by atoms with E-state index in [1.165, 1.54) is 20.4 Å². The van der Waals surface area contributed by atoms with E-state index in [2.05, 4.69) is 10.5 Å². The number of nitrogens with zero attached hydrogens (tertiary/aromatic N) is 1. The number of hydrazone groups is 1. The summed E-state index contributed by atoms with van der Waals surface area (Å²) in [7, 11) is 4.61. The predicted molar refractivity (Wildman–Crippen MR) is 97.1 cm³/mol. The van der Waals surface area contributed by atoms with Crippen molar-refractivity contribution in [1.29, 1.82) is 0 Å². The second kappa shape index (κ2) is 8.19. The van der Waals surface area contributed by atoms with E-state index < -0.39 is 0 Å². The van der Waals surface area contributed by atoms with Crippen molar-refractivity contribution in [2.75, 3.05) is 21.3 Å². The van der Waals surface area contributed by atoms with E-state index in [9.17, 15) is 4.79 Å². The molecule has 6 nitrogen and oxygen atoms in total. The molecule has 1 N–H and O–H groups in total. The molecule has 0 radical (unpaired) electrons. The van der Waals surface area contributed by atoms with Crippen LogP contribution in [-0.2, 0) is 0 Å². The van der Waals surface area contributed by atoms with Crippen LogP contribution in [-0.4, -0.2) is 33.5 Å². The number of amides is 1. The van der Waals surface area contributed by atoms with Gasteiger partial charge in [-0.2, -0.15) is 5.10 Å². The van der Waals surface area contributed by atoms with Crippen molar-refractivity contribution in [2.45, 2.75) is 13.8 Å². The summed E-state index contributed by atoms with van der Waals surface area (Å²) < 4.78 is 15.9. The Hall–Kier alpha value is -3.02. The summed E-state index contributed by atoms with van der Waals surface area (Å²) in [6, 6.07) is 9.02. The van der Waals surface area contributed by atoms with Gasteiger partial charge in [0, 0.05) is 11.1 Å². The van der Waals surface area contributed by atoms with Crippen LogP contribution in [0.25, 0.3) is 0 Å². The zero-order valence-electron chi connectivity index (χ0n) is 15.0. The van der Waals surface area contributed by atoms with Gasteiger partial charge in [-0.25, -0.2) is 5.43 Å². The highest BCUT2D eigenvalue weighted by Gasteiger charge is 2.14. The summed E-state index contributed by atoms with van der Waals surface area (Å²) >= 11 is 0. The summed E-state index contributed by atoms with van der Waals surface area (Å²) in [5.74, 6) is 1.22. The lowest BCUT2D eigenvalue weighted by Gasteiger charge is -2.13. The average Bonchev–Trinajstić information content (AvgIpc) is 2.62. The predicted octanol–water partition coefficient (Wildman–Crippen LogP) is 3.09. The number of aryl methyl sites for hydroxylation is 2. The molecule has 2 aromatic rings. The zero-order valence-corrected chi connectivity index (χ0v) is 15.0. The molecule has 1 amide bonds. The van der Waals surface area contributed by atoms with Gasteiger partial charge in [0.1, 0.15) is 0 Å². The number of ether oxygens (including phenoxy) is 3. The largest absolute Gasteiger partial charge is 0.493 e. The van der Waals surface area contributed by atoms with E-state index in [1.807, 2.05) is 26.0 Å². The zero-order chi connectivity index (χ0) is 18.4. The van der Waals surface area contributed by atoms with Gasteiger partial charge in [-0.15, -0.1) is 0 Å². The third-order valence-electron chi connectivity index (χ3n) is 3.87. The van der Waals surface area contributed by atoms with Crippen LogP contribution in [0, 0.1) is 13.8 Å². The molecular weight excluding hydrogens is 320 g/mol. The molecule has 0 bridgehead atoms. The lowest BCUT2D eigenvalue weighted by atomic mass is 10.1. The van der Waals surface area contributed by atoms with Crippen LogP contribution >= 0.6 is 0 Å². The van der Waals surface area contributed by atoms with Crippen LogP contribution in [0.15, 0.2) is 35.4 Å². The molecule has 0 aliphatic rings. The van der Waals surface area contributed by atoms with Crippen molar-refractivity contribution < 1.29 is 19.0 Å². The Balaban J connectivity index is 2.19. The van der Waals surface area contributed by atoms with E-state index in [1.54, 1.807) is 25.3 Å². The van der Waals surface area contributed by atoms with E-state index in [0.29, 0.717) is 28.4 Å². The molecule has 2 aromatic carbocycles. The standard InChI is InChI=1S/C19H22N2O4/c1-12-6-7-14(10-13(12)2)19(22)21-20-11-15-8-9-16(23-3)18(25-5)17(15)24-4/h6-11H,1-5H3,(H,21,22)/b20-11-. The number of carbonyl (C=O) groups excluding carboxylic acids is 1.